The second-order valence-corrected chi connectivity index (χ2v) is 7.14. The van der Waals surface area contributed by atoms with Crippen molar-refractivity contribution in [1.29, 1.82) is 0 Å². The van der Waals surface area contributed by atoms with Gasteiger partial charge in [0.1, 0.15) is 0 Å². The molecule has 19 heavy (non-hydrogen) atoms. The summed E-state index contributed by atoms with van der Waals surface area (Å²) in [6.45, 7) is 10.6. The van der Waals surface area contributed by atoms with Crippen molar-refractivity contribution in [2.24, 2.45) is 17.6 Å². The first kappa shape index (κ1) is 15.3. The molecule has 0 aromatic rings. The zero-order valence-electron chi connectivity index (χ0n) is 13.0. The van der Waals surface area contributed by atoms with Crippen LogP contribution in [0.5, 0.6) is 0 Å². The molecule has 1 saturated heterocycles. The molecule has 0 aromatic heterocycles. The Labute approximate surface area is 118 Å². The third-order valence-corrected chi connectivity index (χ3v) is 5.08. The summed E-state index contributed by atoms with van der Waals surface area (Å²) in [6.07, 6.45) is 6.69. The minimum atomic E-state index is 0.251. The van der Waals surface area contributed by atoms with E-state index in [0.717, 1.165) is 38.1 Å². The van der Waals surface area contributed by atoms with Crippen molar-refractivity contribution < 1.29 is 4.74 Å². The number of morpholine rings is 1. The largest absolute Gasteiger partial charge is 0.379 e. The Balaban J connectivity index is 2.07. The van der Waals surface area contributed by atoms with Gasteiger partial charge < -0.3 is 10.5 Å². The summed E-state index contributed by atoms with van der Waals surface area (Å²) in [7, 11) is 0. The van der Waals surface area contributed by atoms with E-state index in [-0.39, 0.29) is 5.54 Å². The molecule has 2 aliphatic rings. The van der Waals surface area contributed by atoms with E-state index in [1.54, 1.807) is 0 Å². The van der Waals surface area contributed by atoms with Crippen LogP contribution in [-0.4, -0.2) is 42.8 Å². The van der Waals surface area contributed by atoms with E-state index in [1.165, 1.54) is 32.1 Å². The first-order valence-electron chi connectivity index (χ1n) is 8.12. The fourth-order valence-corrected chi connectivity index (χ4v) is 4.32. The number of nitrogens with zero attached hydrogens (tertiary/aromatic N) is 1. The maximum Gasteiger partial charge on any atom is 0.0620 e. The topological polar surface area (TPSA) is 38.5 Å². The Kier molecular flexibility index (Phi) is 5.27. The lowest BCUT2D eigenvalue weighted by Crippen LogP contribution is -2.62. The van der Waals surface area contributed by atoms with Gasteiger partial charge in [0.05, 0.1) is 13.2 Å². The van der Waals surface area contributed by atoms with Crippen LogP contribution in [0.15, 0.2) is 0 Å². The van der Waals surface area contributed by atoms with Crippen molar-refractivity contribution in [1.82, 2.24) is 4.90 Å². The summed E-state index contributed by atoms with van der Waals surface area (Å²) in [5.74, 6) is 1.67. The van der Waals surface area contributed by atoms with Gasteiger partial charge in [-0.15, -0.1) is 0 Å². The highest BCUT2D eigenvalue weighted by molar-refractivity contribution is 4.99. The molecular formula is C16H32N2O. The normalized spacial score (nSPS) is 37.7. The molecule has 2 N–H and O–H groups in total. The van der Waals surface area contributed by atoms with E-state index in [4.69, 9.17) is 10.5 Å². The molecule has 1 heterocycles. The van der Waals surface area contributed by atoms with E-state index in [2.05, 4.69) is 25.7 Å². The van der Waals surface area contributed by atoms with Crippen LogP contribution in [-0.2, 0) is 4.74 Å². The molecule has 3 nitrogen and oxygen atoms in total. The van der Waals surface area contributed by atoms with Crippen LogP contribution < -0.4 is 5.73 Å². The molecule has 2 fully saturated rings. The van der Waals surface area contributed by atoms with Crippen LogP contribution in [0.25, 0.3) is 0 Å². The fraction of sp³-hybridized carbons (Fsp3) is 1.00. The maximum atomic E-state index is 6.24. The summed E-state index contributed by atoms with van der Waals surface area (Å²) in [6, 6.07) is 0.523. The van der Waals surface area contributed by atoms with Crippen LogP contribution in [0.4, 0.5) is 0 Å². The first-order chi connectivity index (χ1) is 9.07. The van der Waals surface area contributed by atoms with Gasteiger partial charge in [-0.3, -0.25) is 4.90 Å². The van der Waals surface area contributed by atoms with E-state index >= 15 is 0 Å². The summed E-state index contributed by atoms with van der Waals surface area (Å²) in [5.41, 5.74) is 6.49. The Hall–Kier alpha value is -0.120. The van der Waals surface area contributed by atoms with Crippen molar-refractivity contribution >= 4 is 0 Å². The smallest absolute Gasteiger partial charge is 0.0620 e. The predicted octanol–water partition coefficient (Wildman–Crippen LogP) is 2.64. The number of rotatable bonds is 4. The van der Waals surface area contributed by atoms with Crippen LogP contribution in [0.1, 0.15) is 52.9 Å². The molecule has 3 unspecified atom stereocenters. The Morgan fingerprint density at radius 1 is 1.42 bits per heavy atom. The molecule has 0 amide bonds. The minimum Gasteiger partial charge on any atom is -0.379 e. The Bertz CT molecular complexity index is 282. The molecule has 1 aliphatic heterocycles. The van der Waals surface area contributed by atoms with Crippen LogP contribution in [0.2, 0.25) is 0 Å². The average Bonchev–Trinajstić information content (AvgIpc) is 2.38. The van der Waals surface area contributed by atoms with E-state index in [1.807, 2.05) is 0 Å². The summed E-state index contributed by atoms with van der Waals surface area (Å²) < 4.78 is 5.60. The minimum absolute atomic E-state index is 0.251. The number of nitrogens with two attached hydrogens (primary N) is 1. The molecule has 3 heteroatoms. The summed E-state index contributed by atoms with van der Waals surface area (Å²) >= 11 is 0. The summed E-state index contributed by atoms with van der Waals surface area (Å²) in [5, 5.41) is 0. The number of hydrogen-bond donors (Lipinski definition) is 1. The van der Waals surface area contributed by atoms with Crippen molar-refractivity contribution in [2.45, 2.75) is 64.5 Å². The van der Waals surface area contributed by atoms with Gasteiger partial charge >= 0.3 is 0 Å². The first-order valence-corrected chi connectivity index (χ1v) is 8.12. The lowest BCUT2D eigenvalue weighted by molar-refractivity contribution is -0.0764. The van der Waals surface area contributed by atoms with Gasteiger partial charge in [-0.25, -0.2) is 0 Å². The van der Waals surface area contributed by atoms with E-state index in [9.17, 15) is 0 Å². The average molecular weight is 268 g/mol. The summed E-state index contributed by atoms with van der Waals surface area (Å²) in [4.78, 5) is 2.67. The van der Waals surface area contributed by atoms with Crippen molar-refractivity contribution in [3.05, 3.63) is 0 Å². The standard InChI is InChI=1S/C16H32N2O/c1-13(2)9-15-5-4-6-16(10-15,12-17)18-7-8-19-11-14(18)3/h13-15H,4-12,17H2,1-3H3. The lowest BCUT2D eigenvalue weighted by Gasteiger charge is -2.52. The SMILES string of the molecule is CC(C)CC1CCCC(CN)(N2CCOCC2C)C1. The lowest BCUT2D eigenvalue weighted by atomic mass is 9.71. The Morgan fingerprint density at radius 2 is 2.21 bits per heavy atom. The predicted molar refractivity (Wildman–Crippen MR) is 80.2 cm³/mol. The van der Waals surface area contributed by atoms with Gasteiger partial charge in [0.15, 0.2) is 0 Å². The quantitative estimate of drug-likeness (QED) is 0.852. The highest BCUT2D eigenvalue weighted by Crippen LogP contribution is 2.40. The van der Waals surface area contributed by atoms with Crippen molar-refractivity contribution in [2.75, 3.05) is 26.3 Å². The van der Waals surface area contributed by atoms with E-state index in [0.29, 0.717) is 6.04 Å². The van der Waals surface area contributed by atoms with Crippen LogP contribution >= 0.6 is 0 Å². The third-order valence-electron chi connectivity index (χ3n) is 5.08. The molecule has 1 aliphatic carbocycles. The highest BCUT2D eigenvalue weighted by Gasteiger charge is 2.42. The van der Waals surface area contributed by atoms with Gasteiger partial charge in [0.2, 0.25) is 0 Å². The van der Waals surface area contributed by atoms with Crippen LogP contribution in [0.3, 0.4) is 0 Å². The van der Waals surface area contributed by atoms with Crippen molar-refractivity contribution in [3.8, 4) is 0 Å². The van der Waals surface area contributed by atoms with Crippen molar-refractivity contribution in [3.63, 3.8) is 0 Å². The molecule has 0 bridgehead atoms. The van der Waals surface area contributed by atoms with Gasteiger partial charge in [-0.2, -0.15) is 0 Å². The zero-order chi connectivity index (χ0) is 13.9. The third kappa shape index (κ3) is 3.50. The number of hydrogen-bond acceptors (Lipinski definition) is 3. The second-order valence-electron chi connectivity index (χ2n) is 7.14. The fourth-order valence-electron chi connectivity index (χ4n) is 4.32. The Morgan fingerprint density at radius 3 is 2.84 bits per heavy atom. The van der Waals surface area contributed by atoms with E-state index < -0.39 is 0 Å². The molecule has 0 radical (unpaired) electrons. The molecule has 3 atom stereocenters. The maximum absolute atomic E-state index is 6.24. The van der Waals surface area contributed by atoms with Gasteiger partial charge in [0.25, 0.3) is 0 Å². The second kappa shape index (κ2) is 6.55. The highest BCUT2D eigenvalue weighted by atomic mass is 16.5. The van der Waals surface area contributed by atoms with Crippen LogP contribution in [0, 0.1) is 11.8 Å². The van der Waals surface area contributed by atoms with Gasteiger partial charge in [0, 0.05) is 24.7 Å². The molecular weight excluding hydrogens is 236 g/mol. The van der Waals surface area contributed by atoms with Gasteiger partial charge in [-0.05, 0) is 38.0 Å². The molecule has 1 saturated carbocycles. The zero-order valence-corrected chi connectivity index (χ0v) is 13.0. The molecule has 112 valence electrons. The van der Waals surface area contributed by atoms with Gasteiger partial charge in [-0.1, -0.05) is 26.7 Å². The monoisotopic (exact) mass is 268 g/mol. The molecule has 0 spiro atoms. The molecule has 2 rings (SSSR count). The number of ether oxygens (including phenoxy) is 1. The molecule has 0 aromatic carbocycles.